The van der Waals surface area contributed by atoms with Crippen LogP contribution >= 0.6 is 15.9 Å². The number of carbonyl (C=O) groups is 2. The molecule has 0 heterocycles. The van der Waals surface area contributed by atoms with Gasteiger partial charge < -0.3 is 0 Å². The molecule has 0 radical (unpaired) electrons. The molecule has 2 atom stereocenters. The zero-order valence-electron chi connectivity index (χ0n) is 10.9. The van der Waals surface area contributed by atoms with Crippen LogP contribution < -0.4 is 5.32 Å². The Labute approximate surface area is 137 Å². The van der Waals surface area contributed by atoms with E-state index in [0.717, 1.165) is 4.47 Å². The maximum atomic E-state index is 12.1. The summed E-state index contributed by atoms with van der Waals surface area (Å²) in [6, 6.07) is 16.1. The van der Waals surface area contributed by atoms with E-state index >= 15 is 0 Å². The van der Waals surface area contributed by atoms with Crippen LogP contribution in [0.5, 0.6) is 0 Å². The number of carboxylic acid groups (broad SMARTS) is 1. The van der Waals surface area contributed by atoms with Crippen molar-refractivity contribution in [1.82, 2.24) is 0 Å². The summed E-state index contributed by atoms with van der Waals surface area (Å²) in [5.74, 6) is -0.952. The third kappa shape index (κ3) is 4.72. The van der Waals surface area contributed by atoms with E-state index in [0.29, 0.717) is 11.3 Å². The number of anilines is 1. The van der Waals surface area contributed by atoms with Gasteiger partial charge in [-0.1, -0.05) is 0 Å². The van der Waals surface area contributed by atoms with Gasteiger partial charge in [-0.05, 0) is 0 Å². The van der Waals surface area contributed by atoms with Crippen molar-refractivity contribution in [2.75, 3.05) is 5.32 Å². The molecule has 2 aromatic carbocycles. The maximum absolute atomic E-state index is 12.1. The van der Waals surface area contributed by atoms with Crippen LogP contribution in [-0.4, -0.2) is 31.5 Å². The summed E-state index contributed by atoms with van der Waals surface area (Å²) < 4.78 is -0.000517. The van der Waals surface area contributed by atoms with E-state index in [2.05, 4.69) is 21.2 Å². The van der Waals surface area contributed by atoms with E-state index in [1.807, 2.05) is 18.2 Å². The molecule has 0 aliphatic rings. The molecule has 0 aliphatic carbocycles. The van der Waals surface area contributed by atoms with Gasteiger partial charge in [-0.15, -0.1) is 0 Å². The molecule has 2 N–H and O–H groups in total. The first kappa shape index (κ1) is 15.8. The van der Waals surface area contributed by atoms with Crippen LogP contribution in [0.1, 0.15) is 10.3 Å². The Balaban J connectivity index is 2.05. The summed E-state index contributed by atoms with van der Waals surface area (Å²) >= 11 is 1.95. The molecule has 1 unspecified atom stereocenters. The van der Waals surface area contributed by atoms with Crippen molar-refractivity contribution in [2.45, 2.75) is 4.71 Å². The third-order valence-electron chi connectivity index (χ3n) is 2.76. The molecule has 0 saturated heterocycles. The number of hydrogen-bond donors (Lipinski definition) is 2. The Hall–Kier alpha value is -1.58. The first-order valence-electron chi connectivity index (χ1n) is 6.17. The van der Waals surface area contributed by atoms with E-state index in [-0.39, 0.29) is 4.69 Å². The first-order valence-corrected chi connectivity index (χ1v) is 9.22. The number of nitrogens with one attached hydrogen (secondary N) is 1. The minimum absolute atomic E-state index is 0.200. The summed E-state index contributed by atoms with van der Waals surface area (Å²) in [6.07, 6.45) is 0. The van der Waals surface area contributed by atoms with Gasteiger partial charge in [0, 0.05) is 0 Å². The first-order chi connectivity index (χ1) is 10.1. The molecule has 0 aliphatic heterocycles. The van der Waals surface area contributed by atoms with Gasteiger partial charge in [-0.3, -0.25) is 0 Å². The van der Waals surface area contributed by atoms with Crippen molar-refractivity contribution in [3.05, 3.63) is 64.6 Å². The van der Waals surface area contributed by atoms with Crippen LogP contribution in [0.15, 0.2) is 59.1 Å². The summed E-state index contributed by atoms with van der Waals surface area (Å²) in [4.78, 5) is 23.4. The number of amides is 1. The summed E-state index contributed by atoms with van der Waals surface area (Å²) in [5, 5.41) is 12.1. The molecule has 0 aromatic heterocycles. The number of halogens is 1. The summed E-state index contributed by atoms with van der Waals surface area (Å²) in [6.45, 7) is 0. The number of aliphatic carboxylic acids is 1. The number of carboxylic acids is 1. The van der Waals surface area contributed by atoms with Crippen LogP contribution in [-0.2, 0) is 4.79 Å². The van der Waals surface area contributed by atoms with Gasteiger partial charge in [-0.2, -0.15) is 0 Å². The van der Waals surface area contributed by atoms with E-state index in [9.17, 15) is 14.7 Å². The Kier molecular flexibility index (Phi) is 5.59. The van der Waals surface area contributed by atoms with Gasteiger partial charge in [0.2, 0.25) is 0 Å². The topological polar surface area (TPSA) is 66.4 Å². The van der Waals surface area contributed by atoms with Gasteiger partial charge in [0.15, 0.2) is 0 Å². The number of hydrogen-bond acceptors (Lipinski definition) is 2. The van der Waals surface area contributed by atoms with Gasteiger partial charge in [0.05, 0.1) is 0 Å². The van der Waals surface area contributed by atoms with Gasteiger partial charge >= 0.3 is 137 Å². The predicted octanol–water partition coefficient (Wildman–Crippen LogP) is 3.24. The zero-order chi connectivity index (χ0) is 15.2. The van der Waals surface area contributed by atoms with Crippen molar-refractivity contribution in [3.63, 3.8) is 0 Å². The molecule has 2 aromatic rings. The molecule has 0 bridgehead atoms. The Morgan fingerprint density at radius 2 is 1.67 bits per heavy atom. The Bertz CT molecular complexity index is 631. The molecular formula is C15H13AsBrNO3. The predicted molar refractivity (Wildman–Crippen MR) is 87.1 cm³/mol. The second-order valence-electron chi connectivity index (χ2n) is 4.29. The molecule has 4 nitrogen and oxygen atoms in total. The van der Waals surface area contributed by atoms with Gasteiger partial charge in [0.1, 0.15) is 0 Å². The molecule has 1 amide bonds. The van der Waals surface area contributed by atoms with Crippen molar-refractivity contribution in [1.29, 1.82) is 0 Å². The SMILES string of the molecule is O=C(Nc1ccc(Br)cc1)[AsH][C@H](C(=O)O)c1ccccc1. The number of benzene rings is 2. The van der Waals surface area contributed by atoms with Crippen molar-refractivity contribution < 1.29 is 14.7 Å². The van der Waals surface area contributed by atoms with Crippen LogP contribution in [0.4, 0.5) is 10.5 Å². The van der Waals surface area contributed by atoms with Crippen LogP contribution in [0.2, 0.25) is 0 Å². The molecular weight excluding hydrogens is 397 g/mol. The summed E-state index contributed by atoms with van der Waals surface area (Å²) in [7, 11) is 0. The molecule has 0 saturated carbocycles. The summed E-state index contributed by atoms with van der Waals surface area (Å²) in [5.41, 5.74) is 1.35. The normalized spacial score (nSPS) is 12.2. The van der Waals surface area contributed by atoms with Gasteiger partial charge in [-0.25, -0.2) is 0 Å². The molecule has 21 heavy (non-hydrogen) atoms. The number of carbonyl (C=O) groups excluding carboxylic acids is 1. The molecule has 108 valence electrons. The second kappa shape index (κ2) is 7.43. The fourth-order valence-electron chi connectivity index (χ4n) is 1.76. The molecule has 2 rings (SSSR count). The van der Waals surface area contributed by atoms with Gasteiger partial charge in [0.25, 0.3) is 0 Å². The monoisotopic (exact) mass is 409 g/mol. The fraction of sp³-hybridized carbons (Fsp3) is 0.0667. The van der Waals surface area contributed by atoms with E-state index < -0.39 is 26.4 Å². The molecule has 0 spiro atoms. The van der Waals surface area contributed by atoms with Crippen LogP contribution in [0, 0.1) is 0 Å². The Morgan fingerprint density at radius 1 is 1.05 bits per heavy atom. The zero-order valence-corrected chi connectivity index (χ0v) is 14.6. The number of rotatable bonds is 5. The van der Waals surface area contributed by atoms with E-state index in [4.69, 9.17) is 0 Å². The standard InChI is InChI=1S/C15H13AsBrNO3/c17-11-6-8-12(9-7-11)18-15(21)16-13(14(19)20)10-4-2-1-3-5-10/h1-9,13,16H,(H,18,21)(H,19,20)/t13-/m0/s1. The van der Waals surface area contributed by atoms with Crippen LogP contribution in [0.3, 0.4) is 0 Å². The molecule has 6 heteroatoms. The average Bonchev–Trinajstić information content (AvgIpc) is 2.48. The minimum atomic E-state index is -1.37. The van der Waals surface area contributed by atoms with Crippen molar-refractivity contribution in [3.8, 4) is 0 Å². The van der Waals surface area contributed by atoms with E-state index in [1.54, 1.807) is 36.4 Å². The molecule has 0 fully saturated rings. The Morgan fingerprint density at radius 3 is 2.24 bits per heavy atom. The van der Waals surface area contributed by atoms with E-state index in [1.165, 1.54) is 0 Å². The van der Waals surface area contributed by atoms with Crippen molar-refractivity contribution >= 4 is 48.0 Å². The van der Waals surface area contributed by atoms with Crippen molar-refractivity contribution in [2.24, 2.45) is 0 Å². The average molecular weight is 410 g/mol. The quantitative estimate of drug-likeness (QED) is 0.745. The van der Waals surface area contributed by atoms with Crippen LogP contribution in [0.25, 0.3) is 0 Å². The third-order valence-corrected chi connectivity index (χ3v) is 5.92. The second-order valence-corrected chi connectivity index (χ2v) is 7.97. The fourth-order valence-corrected chi connectivity index (χ4v) is 4.05.